The lowest BCUT2D eigenvalue weighted by Crippen LogP contribution is -2.34. The summed E-state index contributed by atoms with van der Waals surface area (Å²) in [6.07, 6.45) is 5.50. The molecule has 98 valence electrons. The fourth-order valence-corrected chi connectivity index (χ4v) is 3.33. The minimum absolute atomic E-state index is 0.471. The van der Waals surface area contributed by atoms with E-state index in [2.05, 4.69) is 36.1 Å². The van der Waals surface area contributed by atoms with Gasteiger partial charge in [-0.25, -0.2) is 4.98 Å². The molecule has 0 spiro atoms. The molecule has 2 atom stereocenters. The minimum atomic E-state index is 0.471. The third-order valence-electron chi connectivity index (χ3n) is 3.83. The van der Waals surface area contributed by atoms with Gasteiger partial charge >= 0.3 is 0 Å². The standard InChI is InChI=1S/C12H17BrN4O/c1-18-11-8(13)7-14-12(16-11)15-9-4-6-17-5-2-3-10(9)17/h7,9-10H,2-6H2,1H3,(H,14,15,16). The second-order valence-corrected chi connectivity index (χ2v) is 5.69. The molecule has 2 unspecified atom stereocenters. The third-order valence-corrected chi connectivity index (χ3v) is 4.37. The van der Waals surface area contributed by atoms with E-state index in [4.69, 9.17) is 4.74 Å². The summed E-state index contributed by atoms with van der Waals surface area (Å²) in [5, 5.41) is 3.45. The van der Waals surface area contributed by atoms with Crippen molar-refractivity contribution in [2.45, 2.75) is 31.3 Å². The van der Waals surface area contributed by atoms with Crippen molar-refractivity contribution >= 4 is 21.9 Å². The van der Waals surface area contributed by atoms with Gasteiger partial charge in [-0.3, -0.25) is 4.90 Å². The van der Waals surface area contributed by atoms with Crippen LogP contribution < -0.4 is 10.1 Å². The Labute approximate surface area is 115 Å². The van der Waals surface area contributed by atoms with Crippen LogP contribution in [0.15, 0.2) is 10.7 Å². The lowest BCUT2D eigenvalue weighted by molar-refractivity contribution is 0.318. The molecule has 0 bridgehead atoms. The van der Waals surface area contributed by atoms with Crippen LogP contribution in [0.25, 0.3) is 0 Å². The van der Waals surface area contributed by atoms with Crippen molar-refractivity contribution in [3.05, 3.63) is 10.7 Å². The Kier molecular flexibility index (Phi) is 3.39. The highest BCUT2D eigenvalue weighted by molar-refractivity contribution is 9.10. The Bertz CT molecular complexity index is 442. The van der Waals surface area contributed by atoms with Gasteiger partial charge in [0.2, 0.25) is 11.8 Å². The summed E-state index contributed by atoms with van der Waals surface area (Å²) in [4.78, 5) is 11.2. The molecule has 1 aromatic heterocycles. The highest BCUT2D eigenvalue weighted by atomic mass is 79.9. The predicted molar refractivity (Wildman–Crippen MR) is 72.9 cm³/mol. The predicted octanol–water partition coefficient (Wildman–Crippen LogP) is 1.90. The number of hydrogen-bond donors (Lipinski definition) is 1. The number of hydrogen-bond acceptors (Lipinski definition) is 5. The third kappa shape index (κ3) is 2.19. The van der Waals surface area contributed by atoms with Crippen LogP contribution >= 0.6 is 15.9 Å². The molecule has 0 amide bonds. The van der Waals surface area contributed by atoms with Crippen LogP contribution in [0, 0.1) is 0 Å². The first-order valence-corrected chi connectivity index (χ1v) is 7.14. The number of methoxy groups -OCH3 is 1. The first-order chi connectivity index (χ1) is 8.78. The Hall–Kier alpha value is -0.880. The zero-order valence-electron chi connectivity index (χ0n) is 10.4. The molecule has 3 heterocycles. The molecule has 6 heteroatoms. The molecule has 18 heavy (non-hydrogen) atoms. The van der Waals surface area contributed by atoms with Gasteiger partial charge < -0.3 is 10.1 Å². The fourth-order valence-electron chi connectivity index (χ4n) is 2.98. The van der Waals surface area contributed by atoms with Crippen molar-refractivity contribution in [2.75, 3.05) is 25.5 Å². The normalized spacial score (nSPS) is 27.2. The van der Waals surface area contributed by atoms with Gasteiger partial charge in [0.15, 0.2) is 0 Å². The van der Waals surface area contributed by atoms with Crippen LogP contribution in [0.2, 0.25) is 0 Å². The molecule has 1 N–H and O–H groups in total. The topological polar surface area (TPSA) is 50.3 Å². The van der Waals surface area contributed by atoms with Crippen molar-refractivity contribution in [2.24, 2.45) is 0 Å². The summed E-state index contributed by atoms with van der Waals surface area (Å²) in [6.45, 7) is 2.43. The first-order valence-electron chi connectivity index (χ1n) is 6.35. The fraction of sp³-hybridized carbons (Fsp3) is 0.667. The summed E-state index contributed by atoms with van der Waals surface area (Å²) < 4.78 is 5.97. The van der Waals surface area contributed by atoms with Crippen LogP contribution in [-0.4, -0.2) is 47.2 Å². The van der Waals surface area contributed by atoms with Crippen LogP contribution in [0.4, 0.5) is 5.95 Å². The molecule has 2 aliphatic heterocycles. The van der Waals surface area contributed by atoms with Crippen LogP contribution in [0.5, 0.6) is 5.88 Å². The maximum absolute atomic E-state index is 5.19. The molecule has 0 radical (unpaired) electrons. The molecule has 2 aliphatic rings. The second-order valence-electron chi connectivity index (χ2n) is 4.84. The van der Waals surface area contributed by atoms with E-state index in [1.54, 1.807) is 13.3 Å². The van der Waals surface area contributed by atoms with E-state index >= 15 is 0 Å². The summed E-state index contributed by atoms with van der Waals surface area (Å²) in [6, 6.07) is 1.13. The van der Waals surface area contributed by atoms with E-state index in [0.29, 0.717) is 23.9 Å². The van der Waals surface area contributed by atoms with E-state index in [0.717, 1.165) is 4.47 Å². The largest absolute Gasteiger partial charge is 0.480 e. The lowest BCUT2D eigenvalue weighted by atomic mass is 10.1. The summed E-state index contributed by atoms with van der Waals surface area (Å²) in [7, 11) is 1.62. The van der Waals surface area contributed by atoms with Crippen molar-refractivity contribution in [1.82, 2.24) is 14.9 Å². The Morgan fingerprint density at radius 2 is 2.33 bits per heavy atom. The Morgan fingerprint density at radius 1 is 1.44 bits per heavy atom. The molecule has 0 saturated carbocycles. The number of fused-ring (bicyclic) bond motifs is 1. The number of ether oxygens (including phenoxy) is 1. The highest BCUT2D eigenvalue weighted by Crippen LogP contribution is 2.30. The monoisotopic (exact) mass is 312 g/mol. The van der Waals surface area contributed by atoms with Gasteiger partial charge in [0.25, 0.3) is 0 Å². The number of halogens is 1. The Morgan fingerprint density at radius 3 is 3.17 bits per heavy atom. The number of rotatable bonds is 3. The number of nitrogens with zero attached hydrogens (tertiary/aromatic N) is 3. The van der Waals surface area contributed by atoms with Crippen molar-refractivity contribution in [3.63, 3.8) is 0 Å². The quantitative estimate of drug-likeness (QED) is 0.923. The SMILES string of the molecule is COc1nc(NC2CCN3CCCC23)ncc1Br. The van der Waals surface area contributed by atoms with Gasteiger partial charge in [0, 0.05) is 18.6 Å². The van der Waals surface area contributed by atoms with Crippen molar-refractivity contribution in [1.29, 1.82) is 0 Å². The van der Waals surface area contributed by atoms with E-state index < -0.39 is 0 Å². The van der Waals surface area contributed by atoms with Crippen LogP contribution in [0.1, 0.15) is 19.3 Å². The molecule has 0 aromatic carbocycles. The zero-order valence-corrected chi connectivity index (χ0v) is 12.0. The number of aromatic nitrogens is 2. The van der Waals surface area contributed by atoms with Gasteiger partial charge in [0.05, 0.1) is 17.8 Å². The average molecular weight is 313 g/mol. The van der Waals surface area contributed by atoms with Gasteiger partial charge in [-0.05, 0) is 41.7 Å². The van der Waals surface area contributed by atoms with E-state index in [-0.39, 0.29) is 0 Å². The lowest BCUT2D eigenvalue weighted by Gasteiger charge is -2.21. The molecular formula is C12H17BrN4O. The number of nitrogens with one attached hydrogen (secondary N) is 1. The second kappa shape index (κ2) is 5.01. The van der Waals surface area contributed by atoms with Gasteiger partial charge in [-0.2, -0.15) is 4.98 Å². The average Bonchev–Trinajstić information content (AvgIpc) is 2.96. The van der Waals surface area contributed by atoms with E-state index in [1.807, 2.05) is 0 Å². The van der Waals surface area contributed by atoms with Crippen molar-refractivity contribution in [3.8, 4) is 5.88 Å². The van der Waals surface area contributed by atoms with Gasteiger partial charge in [-0.1, -0.05) is 0 Å². The number of anilines is 1. The maximum Gasteiger partial charge on any atom is 0.232 e. The van der Waals surface area contributed by atoms with Gasteiger partial charge in [-0.15, -0.1) is 0 Å². The van der Waals surface area contributed by atoms with Crippen molar-refractivity contribution < 1.29 is 4.74 Å². The minimum Gasteiger partial charge on any atom is -0.480 e. The smallest absolute Gasteiger partial charge is 0.232 e. The first kappa shape index (κ1) is 12.2. The Balaban J connectivity index is 1.72. The summed E-state index contributed by atoms with van der Waals surface area (Å²) >= 11 is 3.36. The molecule has 5 nitrogen and oxygen atoms in total. The highest BCUT2D eigenvalue weighted by Gasteiger charge is 2.37. The molecular weight excluding hydrogens is 296 g/mol. The molecule has 1 aromatic rings. The van der Waals surface area contributed by atoms with Gasteiger partial charge in [0.1, 0.15) is 0 Å². The zero-order chi connectivity index (χ0) is 12.5. The van der Waals surface area contributed by atoms with E-state index in [9.17, 15) is 0 Å². The summed E-state index contributed by atoms with van der Waals surface area (Å²) in [5.41, 5.74) is 0. The molecule has 2 saturated heterocycles. The molecule has 0 aliphatic carbocycles. The van der Waals surface area contributed by atoms with E-state index in [1.165, 1.54) is 32.4 Å². The molecule has 2 fully saturated rings. The molecule has 3 rings (SSSR count). The summed E-state index contributed by atoms with van der Waals surface area (Å²) in [5.74, 6) is 1.24. The maximum atomic E-state index is 5.19. The van der Waals surface area contributed by atoms with Crippen LogP contribution in [0.3, 0.4) is 0 Å². The van der Waals surface area contributed by atoms with Crippen LogP contribution in [-0.2, 0) is 0 Å².